The van der Waals surface area contributed by atoms with Gasteiger partial charge >= 0.3 is 18.1 Å². The van der Waals surface area contributed by atoms with Gasteiger partial charge in [-0.15, -0.1) is 5.10 Å². The zero-order valence-electron chi connectivity index (χ0n) is 15.7. The fourth-order valence-electron chi connectivity index (χ4n) is 4.16. The summed E-state index contributed by atoms with van der Waals surface area (Å²) in [7, 11) is 0. The van der Waals surface area contributed by atoms with Crippen molar-refractivity contribution in [2.45, 2.75) is 30.6 Å². The summed E-state index contributed by atoms with van der Waals surface area (Å²) in [5.74, 6) is -1.25. The van der Waals surface area contributed by atoms with Gasteiger partial charge in [-0.2, -0.15) is 13.2 Å². The van der Waals surface area contributed by atoms with Crippen molar-refractivity contribution in [3.8, 4) is 0 Å². The van der Waals surface area contributed by atoms with Crippen molar-refractivity contribution in [3.05, 3.63) is 71.1 Å². The molecule has 1 unspecified atom stereocenters. The van der Waals surface area contributed by atoms with Crippen LogP contribution in [0.4, 0.5) is 30.6 Å². The third kappa shape index (κ3) is 3.21. The van der Waals surface area contributed by atoms with Gasteiger partial charge in [0.2, 0.25) is 0 Å². The molecule has 1 aromatic heterocycles. The number of fused-ring (bicyclic) bond motifs is 2. The first kappa shape index (κ1) is 18.7. The third-order valence-electron chi connectivity index (χ3n) is 5.57. The van der Waals surface area contributed by atoms with Crippen LogP contribution in [0.15, 0.2) is 53.0 Å². The standard InChI is InChI=1S/C21H18F3N5O/c22-21(23,24)18-28-29-19(30-18)26-14-6-8-17-13(11-14)9-10-20(25,27-17)16-7-5-12-3-1-2-4-15(12)16/h1-4,6,8-11,16,27H,5,7,25H2,(H,26,29)/t16?,20-/m1/s1. The summed E-state index contributed by atoms with van der Waals surface area (Å²) in [6, 6.07) is 13.3. The number of rotatable bonds is 3. The molecule has 0 saturated heterocycles. The molecule has 154 valence electrons. The molecule has 2 heterocycles. The zero-order valence-corrected chi connectivity index (χ0v) is 15.7. The zero-order chi connectivity index (χ0) is 20.9. The second-order valence-corrected chi connectivity index (χ2v) is 7.52. The number of alkyl halides is 3. The molecule has 1 aliphatic carbocycles. The number of halogens is 3. The molecule has 2 aromatic carbocycles. The molecular weight excluding hydrogens is 395 g/mol. The lowest BCUT2D eigenvalue weighted by atomic mass is 9.84. The Labute approximate surface area is 170 Å². The summed E-state index contributed by atoms with van der Waals surface area (Å²) in [5, 5.41) is 12.5. The number of nitrogens with two attached hydrogens (primary N) is 1. The summed E-state index contributed by atoms with van der Waals surface area (Å²) >= 11 is 0. The molecule has 6 nitrogen and oxygen atoms in total. The summed E-state index contributed by atoms with van der Waals surface area (Å²) in [6.07, 6.45) is 1.14. The number of nitrogens with one attached hydrogen (secondary N) is 2. The first-order chi connectivity index (χ1) is 14.3. The van der Waals surface area contributed by atoms with Crippen LogP contribution in [-0.4, -0.2) is 15.9 Å². The Morgan fingerprint density at radius 1 is 1.17 bits per heavy atom. The van der Waals surface area contributed by atoms with Crippen molar-refractivity contribution in [1.82, 2.24) is 10.2 Å². The van der Waals surface area contributed by atoms with Crippen LogP contribution in [0.5, 0.6) is 0 Å². The predicted molar refractivity (Wildman–Crippen MR) is 106 cm³/mol. The van der Waals surface area contributed by atoms with Crippen LogP contribution >= 0.6 is 0 Å². The molecule has 2 aliphatic rings. The average molecular weight is 413 g/mol. The van der Waals surface area contributed by atoms with E-state index in [1.807, 2.05) is 30.4 Å². The first-order valence-electron chi connectivity index (χ1n) is 9.48. The maximum Gasteiger partial charge on any atom is 0.470 e. The Morgan fingerprint density at radius 2 is 2.00 bits per heavy atom. The Bertz CT molecular complexity index is 1140. The molecular formula is C21H18F3N5O. The predicted octanol–water partition coefficient (Wildman–Crippen LogP) is 4.66. The van der Waals surface area contributed by atoms with E-state index in [2.05, 4.69) is 37.4 Å². The smallest absolute Gasteiger partial charge is 0.399 e. The van der Waals surface area contributed by atoms with E-state index in [1.165, 1.54) is 11.1 Å². The van der Waals surface area contributed by atoms with Crippen LogP contribution < -0.4 is 16.4 Å². The van der Waals surface area contributed by atoms with E-state index in [0.717, 1.165) is 24.1 Å². The SMILES string of the molecule is N[C@]1(C2CCc3ccccc32)C=Cc2cc(Nc3nnc(C(F)(F)F)o3)ccc2N1. The van der Waals surface area contributed by atoms with E-state index in [4.69, 9.17) is 5.73 Å². The van der Waals surface area contributed by atoms with Gasteiger partial charge in [-0.05, 0) is 53.8 Å². The largest absolute Gasteiger partial charge is 0.470 e. The number of hydrogen-bond acceptors (Lipinski definition) is 6. The van der Waals surface area contributed by atoms with E-state index in [-0.39, 0.29) is 11.9 Å². The lowest BCUT2D eigenvalue weighted by Gasteiger charge is -2.38. The number of benzene rings is 2. The molecule has 0 bridgehead atoms. The summed E-state index contributed by atoms with van der Waals surface area (Å²) in [6.45, 7) is 0. The second kappa shape index (κ2) is 6.60. The van der Waals surface area contributed by atoms with Gasteiger partial charge in [-0.3, -0.25) is 0 Å². The van der Waals surface area contributed by atoms with Crippen molar-refractivity contribution in [2.75, 3.05) is 10.6 Å². The van der Waals surface area contributed by atoms with E-state index in [9.17, 15) is 13.2 Å². The highest BCUT2D eigenvalue weighted by atomic mass is 19.4. The van der Waals surface area contributed by atoms with Gasteiger partial charge < -0.3 is 20.8 Å². The minimum absolute atomic E-state index is 0.148. The fourth-order valence-corrected chi connectivity index (χ4v) is 4.16. The molecule has 0 radical (unpaired) electrons. The van der Waals surface area contributed by atoms with Gasteiger partial charge in [-0.25, -0.2) is 0 Å². The van der Waals surface area contributed by atoms with E-state index >= 15 is 0 Å². The van der Waals surface area contributed by atoms with Crippen LogP contribution in [0.2, 0.25) is 0 Å². The highest BCUT2D eigenvalue weighted by molar-refractivity contribution is 5.76. The third-order valence-corrected chi connectivity index (χ3v) is 5.57. The van der Waals surface area contributed by atoms with Crippen LogP contribution in [0.1, 0.15) is 34.9 Å². The topological polar surface area (TPSA) is 89.0 Å². The van der Waals surface area contributed by atoms with Crippen molar-refractivity contribution < 1.29 is 17.6 Å². The van der Waals surface area contributed by atoms with Crippen LogP contribution in [0.25, 0.3) is 6.08 Å². The van der Waals surface area contributed by atoms with Gasteiger partial charge in [-0.1, -0.05) is 35.4 Å². The summed E-state index contributed by atoms with van der Waals surface area (Å²) in [4.78, 5) is 0. The lowest BCUT2D eigenvalue weighted by molar-refractivity contribution is -0.156. The van der Waals surface area contributed by atoms with Crippen LogP contribution in [-0.2, 0) is 12.6 Å². The Hall–Kier alpha value is -3.33. The Morgan fingerprint density at radius 3 is 2.80 bits per heavy atom. The quantitative estimate of drug-likeness (QED) is 0.579. The second-order valence-electron chi connectivity index (χ2n) is 7.52. The van der Waals surface area contributed by atoms with E-state index < -0.39 is 17.7 Å². The van der Waals surface area contributed by atoms with Crippen molar-refractivity contribution in [3.63, 3.8) is 0 Å². The van der Waals surface area contributed by atoms with Gasteiger partial charge in [0.25, 0.3) is 0 Å². The normalized spacial score (nSPS) is 22.3. The van der Waals surface area contributed by atoms with Crippen LogP contribution in [0, 0.1) is 0 Å². The molecule has 5 rings (SSSR count). The number of anilines is 3. The van der Waals surface area contributed by atoms with Gasteiger partial charge in [0.1, 0.15) is 5.66 Å². The fraction of sp³-hybridized carbons (Fsp3) is 0.238. The number of aromatic nitrogens is 2. The monoisotopic (exact) mass is 413 g/mol. The van der Waals surface area contributed by atoms with Gasteiger partial charge in [0.15, 0.2) is 0 Å². The van der Waals surface area contributed by atoms with Crippen LogP contribution in [0.3, 0.4) is 0 Å². The average Bonchev–Trinajstić information content (AvgIpc) is 3.35. The number of aryl methyl sites for hydroxylation is 1. The number of nitrogens with zero attached hydrogens (tertiary/aromatic N) is 2. The lowest BCUT2D eigenvalue weighted by Crippen LogP contribution is -2.51. The first-order valence-corrected chi connectivity index (χ1v) is 9.48. The molecule has 30 heavy (non-hydrogen) atoms. The molecule has 3 aromatic rings. The van der Waals surface area contributed by atoms with E-state index in [1.54, 1.807) is 12.1 Å². The molecule has 2 atom stereocenters. The summed E-state index contributed by atoms with van der Waals surface area (Å²) < 4.78 is 42.4. The minimum Gasteiger partial charge on any atom is -0.399 e. The van der Waals surface area contributed by atoms with Crippen molar-refractivity contribution in [2.24, 2.45) is 5.73 Å². The molecule has 1 aliphatic heterocycles. The molecule has 0 amide bonds. The highest BCUT2D eigenvalue weighted by Crippen LogP contribution is 2.43. The van der Waals surface area contributed by atoms with Crippen molar-refractivity contribution >= 4 is 23.5 Å². The summed E-state index contributed by atoms with van der Waals surface area (Å²) in [5.41, 5.74) is 10.8. The van der Waals surface area contributed by atoms with Gasteiger partial charge in [0.05, 0.1) is 0 Å². The van der Waals surface area contributed by atoms with Crippen molar-refractivity contribution in [1.29, 1.82) is 0 Å². The van der Waals surface area contributed by atoms with Gasteiger partial charge in [0, 0.05) is 17.3 Å². The Kier molecular flexibility index (Phi) is 4.11. The molecule has 4 N–H and O–H groups in total. The minimum atomic E-state index is -4.68. The molecule has 0 saturated carbocycles. The molecule has 0 spiro atoms. The van der Waals surface area contributed by atoms with E-state index in [0.29, 0.717) is 5.69 Å². The number of hydrogen-bond donors (Lipinski definition) is 3. The maximum atomic E-state index is 12.6. The molecule has 0 fully saturated rings. The molecule has 9 heteroatoms. The highest BCUT2D eigenvalue weighted by Gasteiger charge is 2.40. The maximum absolute atomic E-state index is 12.6. The Balaban J connectivity index is 1.37.